The first-order valence-corrected chi connectivity index (χ1v) is 10.3. The van der Waals surface area contributed by atoms with E-state index >= 15 is 0 Å². The molecule has 0 heterocycles. The van der Waals surface area contributed by atoms with Crippen LogP contribution < -0.4 is 9.47 Å². The van der Waals surface area contributed by atoms with E-state index in [1.165, 1.54) is 51.3 Å². The van der Waals surface area contributed by atoms with Crippen molar-refractivity contribution in [2.75, 3.05) is 7.11 Å². The highest BCUT2D eigenvalue weighted by atomic mass is 19.2. The first kappa shape index (κ1) is 20.1. The zero-order valence-electron chi connectivity index (χ0n) is 16.3. The fraction of sp³-hybridized carbons (Fsp3) is 0.682. The van der Waals surface area contributed by atoms with Crippen molar-refractivity contribution in [3.05, 3.63) is 23.8 Å². The number of benzene rings is 1. The van der Waals surface area contributed by atoms with E-state index in [4.69, 9.17) is 9.47 Å². The Balaban J connectivity index is 1.51. The second-order valence-electron chi connectivity index (χ2n) is 8.12. The lowest BCUT2D eigenvalue weighted by molar-refractivity contribution is -0.140. The van der Waals surface area contributed by atoms with Crippen LogP contribution in [0.4, 0.5) is 8.78 Å². The molecule has 0 aromatic heterocycles. The van der Waals surface area contributed by atoms with E-state index in [0.29, 0.717) is 5.92 Å². The van der Waals surface area contributed by atoms with Crippen molar-refractivity contribution >= 4 is 5.97 Å². The van der Waals surface area contributed by atoms with E-state index < -0.39 is 17.6 Å². The second kappa shape index (κ2) is 9.03. The first-order valence-electron chi connectivity index (χ1n) is 10.3. The Morgan fingerprint density at radius 1 is 0.926 bits per heavy atom. The highest BCUT2D eigenvalue weighted by Crippen LogP contribution is 2.42. The molecule has 150 valence electrons. The van der Waals surface area contributed by atoms with Crippen LogP contribution in [-0.4, -0.2) is 13.1 Å². The highest BCUT2D eigenvalue weighted by molar-refractivity contribution is 5.75. The molecule has 3 rings (SSSR count). The molecule has 1 aromatic carbocycles. The second-order valence-corrected chi connectivity index (χ2v) is 8.12. The van der Waals surface area contributed by atoms with Crippen LogP contribution in [0.1, 0.15) is 64.7 Å². The third-order valence-electron chi connectivity index (χ3n) is 6.68. The molecule has 0 unspecified atom stereocenters. The van der Waals surface area contributed by atoms with Crippen molar-refractivity contribution in [3.63, 3.8) is 0 Å². The molecular formula is C22H30F2O3. The molecule has 1 aromatic rings. The minimum absolute atomic E-state index is 0.203. The maximum Gasteiger partial charge on any atom is 0.314 e. The van der Waals surface area contributed by atoms with Gasteiger partial charge in [0.25, 0.3) is 0 Å². The molecule has 0 saturated heterocycles. The first-order chi connectivity index (χ1) is 13.0. The summed E-state index contributed by atoms with van der Waals surface area (Å²) in [7, 11) is 1.26. The molecular weight excluding hydrogens is 350 g/mol. The predicted molar refractivity (Wildman–Crippen MR) is 99.7 cm³/mol. The molecule has 0 atom stereocenters. The number of hydrogen-bond donors (Lipinski definition) is 0. The highest BCUT2D eigenvalue weighted by Gasteiger charge is 2.33. The van der Waals surface area contributed by atoms with Crippen molar-refractivity contribution in [1.29, 1.82) is 0 Å². The summed E-state index contributed by atoms with van der Waals surface area (Å²) >= 11 is 0. The SMILES string of the molecule is CCC1CCC(C2CCC(C(=O)Oc3ccc(OC)c(F)c3F)CC2)CC1. The summed E-state index contributed by atoms with van der Waals surface area (Å²) in [5, 5.41) is 0. The van der Waals surface area contributed by atoms with Crippen molar-refractivity contribution in [2.24, 2.45) is 23.7 Å². The van der Waals surface area contributed by atoms with Crippen LogP contribution in [0.25, 0.3) is 0 Å². The van der Waals surface area contributed by atoms with Crippen LogP contribution in [-0.2, 0) is 4.79 Å². The fourth-order valence-electron chi connectivity index (χ4n) is 4.84. The van der Waals surface area contributed by atoms with Crippen LogP contribution in [0, 0.1) is 35.3 Å². The van der Waals surface area contributed by atoms with Gasteiger partial charge in [0.2, 0.25) is 11.6 Å². The summed E-state index contributed by atoms with van der Waals surface area (Å²) in [6.45, 7) is 2.28. The van der Waals surface area contributed by atoms with Gasteiger partial charge in [0.05, 0.1) is 13.0 Å². The Kier molecular flexibility index (Phi) is 6.72. The van der Waals surface area contributed by atoms with E-state index in [9.17, 15) is 13.6 Å². The molecule has 2 aliphatic carbocycles. The van der Waals surface area contributed by atoms with E-state index in [-0.39, 0.29) is 17.4 Å². The molecule has 0 spiro atoms. The van der Waals surface area contributed by atoms with E-state index in [0.717, 1.165) is 37.5 Å². The largest absolute Gasteiger partial charge is 0.494 e. The van der Waals surface area contributed by atoms with Crippen molar-refractivity contribution in [3.8, 4) is 11.5 Å². The minimum atomic E-state index is -1.18. The molecule has 2 saturated carbocycles. The maximum atomic E-state index is 14.0. The zero-order valence-corrected chi connectivity index (χ0v) is 16.3. The number of halogens is 2. The van der Waals surface area contributed by atoms with Crippen LogP contribution in [0.2, 0.25) is 0 Å². The van der Waals surface area contributed by atoms with E-state index in [2.05, 4.69) is 6.92 Å². The van der Waals surface area contributed by atoms with Crippen molar-refractivity contribution in [1.82, 2.24) is 0 Å². The predicted octanol–water partition coefficient (Wildman–Crippen LogP) is 5.90. The minimum Gasteiger partial charge on any atom is -0.494 e. The number of hydrogen-bond acceptors (Lipinski definition) is 3. The lowest BCUT2D eigenvalue weighted by Crippen LogP contribution is -2.30. The normalized spacial score (nSPS) is 28.6. The van der Waals surface area contributed by atoms with Gasteiger partial charge in [0, 0.05) is 0 Å². The summed E-state index contributed by atoms with van der Waals surface area (Å²) < 4.78 is 37.7. The molecule has 0 amide bonds. The third kappa shape index (κ3) is 4.61. The Morgan fingerprint density at radius 3 is 2.00 bits per heavy atom. The molecule has 0 aliphatic heterocycles. The Bertz CT molecular complexity index is 645. The Hall–Kier alpha value is -1.65. The lowest BCUT2D eigenvalue weighted by Gasteiger charge is -2.37. The zero-order chi connectivity index (χ0) is 19.4. The number of ether oxygens (including phenoxy) is 2. The third-order valence-corrected chi connectivity index (χ3v) is 6.68. The van der Waals surface area contributed by atoms with Gasteiger partial charge in [-0.15, -0.1) is 0 Å². The topological polar surface area (TPSA) is 35.5 Å². The molecule has 3 nitrogen and oxygen atoms in total. The summed E-state index contributed by atoms with van der Waals surface area (Å²) in [4.78, 5) is 12.4. The molecule has 2 fully saturated rings. The van der Waals surface area contributed by atoms with E-state index in [1.807, 2.05) is 0 Å². The molecule has 0 N–H and O–H groups in total. The number of esters is 1. The van der Waals surface area contributed by atoms with Crippen molar-refractivity contribution in [2.45, 2.75) is 64.7 Å². The fourth-order valence-corrected chi connectivity index (χ4v) is 4.84. The summed E-state index contributed by atoms with van der Waals surface area (Å²) in [6.07, 6.45) is 10.2. The number of methoxy groups -OCH3 is 1. The van der Waals surface area contributed by atoms with Crippen molar-refractivity contribution < 1.29 is 23.0 Å². The van der Waals surface area contributed by atoms with Gasteiger partial charge in [0.15, 0.2) is 11.5 Å². The van der Waals surface area contributed by atoms with Crippen LogP contribution in [0.15, 0.2) is 12.1 Å². The van der Waals surface area contributed by atoms with Gasteiger partial charge in [-0.2, -0.15) is 8.78 Å². The lowest BCUT2D eigenvalue weighted by atomic mass is 9.69. The monoisotopic (exact) mass is 380 g/mol. The molecule has 2 aliphatic rings. The smallest absolute Gasteiger partial charge is 0.314 e. The van der Waals surface area contributed by atoms with Gasteiger partial charge in [-0.3, -0.25) is 4.79 Å². The van der Waals surface area contributed by atoms with Gasteiger partial charge in [-0.1, -0.05) is 26.2 Å². The quantitative estimate of drug-likeness (QED) is 0.471. The summed E-state index contributed by atoms with van der Waals surface area (Å²) in [5.41, 5.74) is 0. The molecule has 5 heteroatoms. The number of carbonyl (C=O) groups is 1. The van der Waals surface area contributed by atoms with Crippen LogP contribution in [0.3, 0.4) is 0 Å². The standard InChI is InChI=1S/C22H30F2O3/c1-3-14-4-6-15(7-5-14)16-8-10-17(11-9-16)22(25)27-19-13-12-18(26-2)20(23)21(19)24/h12-17H,3-11H2,1-2H3. The van der Waals surface area contributed by atoms with Crippen LogP contribution >= 0.6 is 0 Å². The van der Waals surface area contributed by atoms with Gasteiger partial charge in [-0.05, 0) is 68.4 Å². The van der Waals surface area contributed by atoms with Gasteiger partial charge >= 0.3 is 5.97 Å². The van der Waals surface area contributed by atoms with Gasteiger partial charge in [-0.25, -0.2) is 0 Å². The summed E-state index contributed by atoms with van der Waals surface area (Å²) in [5.74, 6) is -1.17. The molecule has 0 bridgehead atoms. The van der Waals surface area contributed by atoms with Gasteiger partial charge < -0.3 is 9.47 Å². The molecule has 27 heavy (non-hydrogen) atoms. The van der Waals surface area contributed by atoms with E-state index in [1.54, 1.807) is 0 Å². The Labute approximate surface area is 160 Å². The van der Waals surface area contributed by atoms with Crippen LogP contribution in [0.5, 0.6) is 11.5 Å². The number of rotatable bonds is 5. The molecule has 0 radical (unpaired) electrons. The summed E-state index contributed by atoms with van der Waals surface area (Å²) in [6, 6.07) is 2.51. The number of carbonyl (C=O) groups excluding carboxylic acids is 1. The Morgan fingerprint density at radius 2 is 1.44 bits per heavy atom. The average Bonchev–Trinajstić information content (AvgIpc) is 2.72. The maximum absolute atomic E-state index is 14.0. The average molecular weight is 380 g/mol. The van der Waals surface area contributed by atoms with Gasteiger partial charge in [0.1, 0.15) is 0 Å².